The Morgan fingerprint density at radius 2 is 1.71 bits per heavy atom. The van der Waals surface area contributed by atoms with Gasteiger partial charge in [-0.05, 0) is 37.9 Å². The fraction of sp³-hybridized carbons (Fsp3) is 0.278. The van der Waals surface area contributed by atoms with E-state index in [4.69, 9.17) is 5.26 Å². The fourth-order valence-corrected chi connectivity index (χ4v) is 3.72. The van der Waals surface area contributed by atoms with Crippen LogP contribution in [0, 0.1) is 11.3 Å². The van der Waals surface area contributed by atoms with E-state index in [-0.39, 0.29) is 4.90 Å². The third-order valence-corrected chi connectivity index (χ3v) is 5.44. The van der Waals surface area contributed by atoms with Gasteiger partial charge in [-0.1, -0.05) is 36.4 Å². The lowest BCUT2D eigenvalue weighted by Gasteiger charge is -2.24. The molecule has 0 aliphatic carbocycles. The molecular weight excluding hydrogens is 322 g/mol. The smallest absolute Gasteiger partial charge is 0.243 e. The summed E-state index contributed by atoms with van der Waals surface area (Å²) in [4.78, 5) is 2.09. The van der Waals surface area contributed by atoms with E-state index in [0.29, 0.717) is 25.2 Å². The van der Waals surface area contributed by atoms with Gasteiger partial charge in [-0.25, -0.2) is 8.42 Å². The van der Waals surface area contributed by atoms with Gasteiger partial charge in [0.1, 0.15) is 0 Å². The molecule has 24 heavy (non-hydrogen) atoms. The topological polar surface area (TPSA) is 64.4 Å². The van der Waals surface area contributed by atoms with E-state index in [2.05, 4.69) is 0 Å². The van der Waals surface area contributed by atoms with Crippen molar-refractivity contribution in [2.24, 2.45) is 0 Å². The number of hydrogen-bond donors (Lipinski definition) is 0. The molecule has 2 aromatic carbocycles. The van der Waals surface area contributed by atoms with Crippen LogP contribution in [0.1, 0.15) is 11.1 Å². The number of hydrogen-bond acceptors (Lipinski definition) is 4. The summed E-state index contributed by atoms with van der Waals surface area (Å²) >= 11 is 0. The summed E-state index contributed by atoms with van der Waals surface area (Å²) in [6, 6.07) is 17.6. The summed E-state index contributed by atoms with van der Waals surface area (Å²) in [6.45, 7) is 1.29. The molecule has 5 nitrogen and oxygen atoms in total. The van der Waals surface area contributed by atoms with Gasteiger partial charge in [-0.15, -0.1) is 0 Å². The number of sulfonamides is 1. The van der Waals surface area contributed by atoms with Gasteiger partial charge in [0.15, 0.2) is 0 Å². The summed E-state index contributed by atoms with van der Waals surface area (Å²) < 4.78 is 27.5. The standard InChI is InChI=1S/C18H21N3O2S/c1-20(2)11-12-21(15-16-7-4-3-5-8-16)24(22,23)18-10-6-9-17(13-18)14-19/h3-10,13H,11-12,15H2,1-2H3. The summed E-state index contributed by atoms with van der Waals surface area (Å²) in [5.74, 6) is 0. The lowest BCUT2D eigenvalue weighted by atomic mass is 10.2. The summed E-state index contributed by atoms with van der Waals surface area (Å²) in [5.41, 5.74) is 1.26. The average Bonchev–Trinajstić information content (AvgIpc) is 2.59. The maximum atomic E-state index is 13.0. The molecule has 0 spiro atoms. The van der Waals surface area contributed by atoms with Crippen LogP contribution in [0.25, 0.3) is 0 Å². The molecule has 0 radical (unpaired) electrons. The second-order valence-electron chi connectivity index (χ2n) is 5.77. The summed E-state index contributed by atoms with van der Waals surface area (Å²) in [7, 11) is 0.141. The van der Waals surface area contributed by atoms with Crippen LogP contribution in [-0.4, -0.2) is 44.8 Å². The largest absolute Gasteiger partial charge is 0.308 e. The van der Waals surface area contributed by atoms with Gasteiger partial charge in [0, 0.05) is 19.6 Å². The number of benzene rings is 2. The molecule has 6 heteroatoms. The van der Waals surface area contributed by atoms with E-state index in [1.165, 1.54) is 16.4 Å². The monoisotopic (exact) mass is 343 g/mol. The molecule has 0 atom stereocenters. The van der Waals surface area contributed by atoms with Gasteiger partial charge >= 0.3 is 0 Å². The number of nitriles is 1. The first-order chi connectivity index (χ1) is 11.4. The zero-order valence-electron chi connectivity index (χ0n) is 13.9. The summed E-state index contributed by atoms with van der Waals surface area (Å²) in [6.07, 6.45) is 0. The van der Waals surface area contributed by atoms with Crippen molar-refractivity contribution in [1.82, 2.24) is 9.21 Å². The van der Waals surface area contributed by atoms with Gasteiger partial charge < -0.3 is 4.90 Å². The van der Waals surface area contributed by atoms with Crippen molar-refractivity contribution in [2.75, 3.05) is 27.2 Å². The molecule has 2 aromatic rings. The molecule has 0 amide bonds. The lowest BCUT2D eigenvalue weighted by Crippen LogP contribution is -2.36. The second kappa shape index (κ2) is 8.06. The maximum absolute atomic E-state index is 13.0. The van der Waals surface area contributed by atoms with Crippen molar-refractivity contribution >= 4 is 10.0 Å². The van der Waals surface area contributed by atoms with E-state index in [1.54, 1.807) is 12.1 Å². The Labute approximate surface area is 143 Å². The van der Waals surface area contributed by atoms with Crippen molar-refractivity contribution in [1.29, 1.82) is 5.26 Å². The fourth-order valence-electron chi connectivity index (χ4n) is 2.26. The first-order valence-corrected chi connectivity index (χ1v) is 9.06. The van der Waals surface area contributed by atoms with Crippen LogP contribution in [0.2, 0.25) is 0 Å². The highest BCUT2D eigenvalue weighted by Gasteiger charge is 2.24. The highest BCUT2D eigenvalue weighted by molar-refractivity contribution is 7.89. The Morgan fingerprint density at radius 3 is 2.33 bits per heavy atom. The SMILES string of the molecule is CN(C)CCN(Cc1ccccc1)S(=O)(=O)c1cccc(C#N)c1. The Hall–Kier alpha value is -2.20. The molecule has 2 rings (SSSR count). The van der Waals surface area contributed by atoms with E-state index in [1.807, 2.05) is 55.4 Å². The predicted molar refractivity (Wildman–Crippen MR) is 93.7 cm³/mol. The van der Waals surface area contributed by atoms with Gasteiger partial charge in [0.25, 0.3) is 0 Å². The molecule has 0 aromatic heterocycles. The molecule has 0 fully saturated rings. The first-order valence-electron chi connectivity index (χ1n) is 7.62. The minimum absolute atomic E-state index is 0.149. The quantitative estimate of drug-likeness (QED) is 0.774. The molecule has 0 N–H and O–H groups in total. The van der Waals surface area contributed by atoms with Crippen molar-refractivity contribution in [2.45, 2.75) is 11.4 Å². The number of rotatable bonds is 7. The zero-order valence-corrected chi connectivity index (χ0v) is 14.7. The minimum atomic E-state index is -3.67. The molecular formula is C18H21N3O2S. The normalized spacial score (nSPS) is 11.6. The van der Waals surface area contributed by atoms with E-state index in [9.17, 15) is 8.42 Å². The zero-order chi connectivity index (χ0) is 17.6. The molecule has 0 heterocycles. The van der Waals surface area contributed by atoms with Gasteiger partial charge in [0.05, 0.1) is 16.5 Å². The van der Waals surface area contributed by atoms with Crippen LogP contribution in [0.5, 0.6) is 0 Å². The van der Waals surface area contributed by atoms with Crippen molar-refractivity contribution in [3.8, 4) is 6.07 Å². The average molecular weight is 343 g/mol. The highest BCUT2D eigenvalue weighted by Crippen LogP contribution is 2.19. The van der Waals surface area contributed by atoms with Crippen molar-refractivity contribution in [3.63, 3.8) is 0 Å². The molecule has 126 valence electrons. The molecule has 0 aliphatic heterocycles. The minimum Gasteiger partial charge on any atom is -0.308 e. The van der Waals surface area contributed by atoms with Gasteiger partial charge in [0.2, 0.25) is 10.0 Å². The molecule has 0 saturated carbocycles. The molecule has 0 saturated heterocycles. The number of likely N-dealkylation sites (N-methyl/N-ethyl adjacent to an activating group) is 1. The predicted octanol–water partition coefficient (Wildman–Crippen LogP) is 2.31. The van der Waals surface area contributed by atoms with E-state index < -0.39 is 10.0 Å². The third-order valence-electron chi connectivity index (χ3n) is 3.60. The van der Waals surface area contributed by atoms with E-state index in [0.717, 1.165) is 5.56 Å². The first kappa shape index (κ1) is 18.1. The Bertz CT molecular complexity index is 812. The molecule has 0 bridgehead atoms. The molecule has 0 aliphatic rings. The van der Waals surface area contributed by atoms with Crippen molar-refractivity contribution in [3.05, 3.63) is 65.7 Å². The Balaban J connectivity index is 2.34. The number of nitrogens with zero attached hydrogens (tertiary/aromatic N) is 3. The second-order valence-corrected chi connectivity index (χ2v) is 7.71. The van der Waals surface area contributed by atoms with Crippen LogP contribution in [0.3, 0.4) is 0 Å². The van der Waals surface area contributed by atoms with Crippen molar-refractivity contribution < 1.29 is 8.42 Å². The van der Waals surface area contributed by atoms with Crippen LogP contribution in [-0.2, 0) is 16.6 Å². The van der Waals surface area contributed by atoms with Crippen LogP contribution < -0.4 is 0 Å². The van der Waals surface area contributed by atoms with Gasteiger partial charge in [-0.3, -0.25) is 0 Å². The van der Waals surface area contributed by atoms with E-state index >= 15 is 0 Å². The summed E-state index contributed by atoms with van der Waals surface area (Å²) in [5, 5.41) is 9.01. The lowest BCUT2D eigenvalue weighted by molar-refractivity contribution is 0.329. The molecule has 0 unspecified atom stereocenters. The highest BCUT2D eigenvalue weighted by atomic mass is 32.2. The van der Waals surface area contributed by atoms with Crippen LogP contribution in [0.15, 0.2) is 59.5 Å². The van der Waals surface area contributed by atoms with Crippen LogP contribution >= 0.6 is 0 Å². The Morgan fingerprint density at radius 1 is 1.00 bits per heavy atom. The van der Waals surface area contributed by atoms with Crippen LogP contribution in [0.4, 0.5) is 0 Å². The van der Waals surface area contributed by atoms with Gasteiger partial charge in [-0.2, -0.15) is 9.57 Å². The maximum Gasteiger partial charge on any atom is 0.243 e. The Kier molecular flexibility index (Phi) is 6.10. The third kappa shape index (κ3) is 4.65.